The topological polar surface area (TPSA) is 76.9 Å². The number of anilines is 1. The lowest BCUT2D eigenvalue weighted by Crippen LogP contribution is -3.08. The first-order valence-corrected chi connectivity index (χ1v) is 10.6. The van der Waals surface area contributed by atoms with E-state index in [1.165, 1.54) is 12.5 Å². The Balaban J connectivity index is 2.09. The van der Waals surface area contributed by atoms with Crippen molar-refractivity contribution < 1.29 is 24.0 Å². The number of ether oxygens (including phenoxy) is 1. The Hall–Kier alpha value is -2.51. The van der Waals surface area contributed by atoms with Crippen LogP contribution in [0.2, 0.25) is 0 Å². The van der Waals surface area contributed by atoms with Gasteiger partial charge in [0.15, 0.2) is 12.3 Å². The van der Waals surface area contributed by atoms with Crippen LogP contribution in [0.4, 0.5) is 5.00 Å². The van der Waals surface area contributed by atoms with Crippen LogP contribution in [0.25, 0.3) is 0 Å². The average Bonchev–Trinajstić information content (AvgIpc) is 2.98. The average molecular weight is 418 g/mol. The van der Waals surface area contributed by atoms with Crippen molar-refractivity contribution in [1.29, 1.82) is 0 Å². The number of benzene rings is 1. The van der Waals surface area contributed by atoms with E-state index >= 15 is 0 Å². The van der Waals surface area contributed by atoms with E-state index in [9.17, 15) is 14.4 Å². The van der Waals surface area contributed by atoms with Crippen LogP contribution in [0.3, 0.4) is 0 Å². The Bertz CT molecular complexity index is 887. The number of nitrogens with one attached hydrogen (secondary N) is 2. The summed E-state index contributed by atoms with van der Waals surface area (Å²) in [7, 11) is 1.94. The Kier molecular flexibility index (Phi) is 8.10. The molecule has 0 bridgehead atoms. The summed E-state index contributed by atoms with van der Waals surface area (Å²) in [5.74, 6) is -0.882. The van der Waals surface area contributed by atoms with Crippen molar-refractivity contribution >= 4 is 34.0 Å². The maximum absolute atomic E-state index is 12.6. The Morgan fingerprint density at radius 2 is 1.72 bits per heavy atom. The second-order valence-corrected chi connectivity index (χ2v) is 8.09. The zero-order valence-electron chi connectivity index (χ0n) is 17.7. The van der Waals surface area contributed by atoms with Crippen LogP contribution in [0.15, 0.2) is 24.3 Å². The van der Waals surface area contributed by atoms with Gasteiger partial charge in [0.25, 0.3) is 5.91 Å². The van der Waals surface area contributed by atoms with Gasteiger partial charge in [-0.1, -0.05) is 31.2 Å². The number of amides is 1. The fourth-order valence-electron chi connectivity index (χ4n) is 3.14. The number of Topliss-reactive ketones (excluding diaryl/α,β-unsaturated/α-hetero) is 1. The first kappa shape index (κ1) is 22.8. The Morgan fingerprint density at radius 3 is 2.28 bits per heavy atom. The monoisotopic (exact) mass is 417 g/mol. The predicted molar refractivity (Wildman–Crippen MR) is 115 cm³/mol. The fourth-order valence-corrected chi connectivity index (χ4v) is 4.24. The highest BCUT2D eigenvalue weighted by molar-refractivity contribution is 7.18. The van der Waals surface area contributed by atoms with Crippen LogP contribution < -0.4 is 10.2 Å². The second-order valence-electron chi connectivity index (χ2n) is 7.07. The van der Waals surface area contributed by atoms with Crippen molar-refractivity contribution in [2.75, 3.05) is 25.5 Å². The third kappa shape index (κ3) is 5.98. The molecule has 0 saturated heterocycles. The number of hydrogen-bond donors (Lipinski definition) is 2. The van der Waals surface area contributed by atoms with E-state index in [2.05, 4.69) is 36.5 Å². The fraction of sp³-hybridized carbons (Fsp3) is 0.409. The van der Waals surface area contributed by atoms with E-state index in [1.54, 1.807) is 13.8 Å². The number of rotatable bonds is 9. The largest absolute Gasteiger partial charge is 0.462 e. The molecular weight excluding hydrogens is 388 g/mol. The number of hydrogen-bond acceptors (Lipinski definition) is 5. The Labute approximate surface area is 175 Å². The quantitative estimate of drug-likeness (QED) is 0.486. The molecular formula is C22H29N2O4S+. The lowest BCUT2D eigenvalue weighted by molar-refractivity contribution is -0.885. The van der Waals surface area contributed by atoms with E-state index < -0.39 is 5.97 Å². The first-order valence-electron chi connectivity index (χ1n) is 9.77. The van der Waals surface area contributed by atoms with Gasteiger partial charge in [-0.15, -0.1) is 11.3 Å². The van der Waals surface area contributed by atoms with E-state index in [0.717, 1.165) is 28.2 Å². The zero-order chi connectivity index (χ0) is 21.6. The molecule has 0 aliphatic carbocycles. The number of carbonyl (C=O) groups is 3. The summed E-state index contributed by atoms with van der Waals surface area (Å²) in [6.07, 6.45) is 0.997. The van der Waals surface area contributed by atoms with Gasteiger partial charge in [0, 0.05) is 5.56 Å². The van der Waals surface area contributed by atoms with E-state index in [4.69, 9.17) is 4.74 Å². The normalized spacial score (nSPS) is 11.8. The van der Waals surface area contributed by atoms with Crippen LogP contribution >= 0.6 is 11.3 Å². The highest BCUT2D eigenvalue weighted by Crippen LogP contribution is 2.34. The molecule has 2 rings (SSSR count). The summed E-state index contributed by atoms with van der Waals surface area (Å²) in [6.45, 7) is 8.16. The lowest BCUT2D eigenvalue weighted by atomic mass is 10.1. The smallest absolute Gasteiger partial charge is 0.341 e. The van der Waals surface area contributed by atoms with Crippen LogP contribution in [0.5, 0.6) is 0 Å². The summed E-state index contributed by atoms with van der Waals surface area (Å²) >= 11 is 1.12. The molecule has 2 aromatic rings. The molecule has 156 valence electrons. The van der Waals surface area contributed by atoms with Crippen molar-refractivity contribution in [2.45, 2.75) is 40.7 Å². The molecule has 1 amide bonds. The van der Waals surface area contributed by atoms with Crippen LogP contribution in [0.1, 0.15) is 57.5 Å². The van der Waals surface area contributed by atoms with Gasteiger partial charge in [0.2, 0.25) is 0 Å². The maximum atomic E-state index is 12.6. The third-order valence-electron chi connectivity index (χ3n) is 4.60. The van der Waals surface area contributed by atoms with Crippen molar-refractivity contribution in [2.24, 2.45) is 0 Å². The van der Waals surface area contributed by atoms with Crippen LogP contribution in [-0.4, -0.2) is 37.9 Å². The summed E-state index contributed by atoms with van der Waals surface area (Å²) in [4.78, 5) is 38.3. The molecule has 2 N–H and O–H groups in total. The van der Waals surface area contributed by atoms with Gasteiger partial charge < -0.3 is 15.0 Å². The summed E-state index contributed by atoms with van der Waals surface area (Å²) in [5.41, 5.74) is 3.26. The Morgan fingerprint density at radius 1 is 1.10 bits per heavy atom. The number of likely N-dealkylation sites (N-methyl/N-ethyl adjacent to an activating group) is 1. The summed E-state index contributed by atoms with van der Waals surface area (Å²) in [6, 6.07) is 8.37. The number of esters is 1. The number of aryl methyl sites for hydroxylation is 1. The molecule has 6 nitrogen and oxygen atoms in total. The minimum absolute atomic E-state index is 0.142. The minimum atomic E-state index is -0.527. The highest BCUT2D eigenvalue weighted by atomic mass is 32.1. The molecule has 0 aliphatic rings. The molecule has 7 heteroatoms. The summed E-state index contributed by atoms with van der Waals surface area (Å²) < 4.78 is 5.10. The zero-order valence-corrected chi connectivity index (χ0v) is 18.5. The van der Waals surface area contributed by atoms with Gasteiger partial charge in [-0.2, -0.15) is 0 Å². The van der Waals surface area contributed by atoms with Gasteiger partial charge in [0.1, 0.15) is 11.5 Å². The molecule has 1 aromatic carbocycles. The summed E-state index contributed by atoms with van der Waals surface area (Å²) in [5, 5.41) is 3.18. The van der Waals surface area contributed by atoms with Gasteiger partial charge in [0.05, 0.1) is 24.1 Å². The van der Waals surface area contributed by atoms with E-state index in [1.807, 2.05) is 7.05 Å². The van der Waals surface area contributed by atoms with Gasteiger partial charge in [-0.25, -0.2) is 4.79 Å². The van der Waals surface area contributed by atoms with Crippen molar-refractivity contribution in [1.82, 2.24) is 0 Å². The molecule has 0 aliphatic heterocycles. The van der Waals surface area contributed by atoms with Crippen molar-refractivity contribution in [3.05, 3.63) is 51.4 Å². The predicted octanol–water partition coefficient (Wildman–Crippen LogP) is 2.65. The number of thiophene rings is 1. The lowest BCUT2D eigenvalue weighted by Gasteiger charge is -2.14. The second kappa shape index (κ2) is 10.3. The molecule has 0 saturated carbocycles. The first-order chi connectivity index (χ1) is 13.8. The number of ketones is 1. The van der Waals surface area contributed by atoms with E-state index in [0.29, 0.717) is 22.0 Å². The molecule has 29 heavy (non-hydrogen) atoms. The number of carbonyl (C=O) groups excluding carboxylic acids is 3. The molecule has 1 aromatic heterocycles. The molecule has 1 unspecified atom stereocenters. The molecule has 1 heterocycles. The maximum Gasteiger partial charge on any atom is 0.341 e. The number of quaternary nitrogens is 1. The SMILES string of the molecule is CCOC(=O)c1c(NC(=O)C[NH+](C)Cc2ccc(CC)cc2)sc(C(C)=O)c1C. The van der Waals surface area contributed by atoms with E-state index in [-0.39, 0.29) is 30.4 Å². The molecule has 0 radical (unpaired) electrons. The third-order valence-corrected chi connectivity index (χ3v) is 5.91. The molecule has 1 atom stereocenters. The van der Waals surface area contributed by atoms with Gasteiger partial charge in [-0.05, 0) is 38.3 Å². The van der Waals surface area contributed by atoms with Crippen LogP contribution in [0, 0.1) is 6.92 Å². The molecule has 0 fully saturated rings. The van der Waals surface area contributed by atoms with Crippen molar-refractivity contribution in [3.63, 3.8) is 0 Å². The standard InChI is InChI=1S/C22H28N2O4S/c1-6-16-8-10-17(11-9-16)12-24(5)13-18(26)23-21-19(22(27)28-7-2)14(3)20(29-21)15(4)25/h8-11H,6-7,12-13H2,1-5H3,(H,23,26)/p+1. The van der Waals surface area contributed by atoms with Crippen LogP contribution in [-0.2, 0) is 22.5 Å². The minimum Gasteiger partial charge on any atom is -0.462 e. The molecule has 0 spiro atoms. The highest BCUT2D eigenvalue weighted by Gasteiger charge is 2.25. The van der Waals surface area contributed by atoms with Crippen molar-refractivity contribution in [3.8, 4) is 0 Å². The van der Waals surface area contributed by atoms with Gasteiger partial charge in [-0.3, -0.25) is 9.59 Å². The van der Waals surface area contributed by atoms with Gasteiger partial charge >= 0.3 is 5.97 Å².